The molecule has 7 nitrogen and oxygen atoms in total. The maximum Gasteiger partial charge on any atom is 0.319 e. The fourth-order valence-electron chi connectivity index (χ4n) is 3.19. The zero-order chi connectivity index (χ0) is 18.9. The smallest absolute Gasteiger partial charge is 0.319 e. The average Bonchev–Trinajstić information content (AvgIpc) is 2.91. The number of hydrogen-bond donors (Lipinski definition) is 2. The highest BCUT2D eigenvalue weighted by molar-refractivity contribution is 5.90. The fraction of sp³-hybridized carbons (Fsp3) is 0.611. The lowest BCUT2D eigenvalue weighted by Gasteiger charge is -2.15. The Bertz CT molecular complexity index is 771. The molecular formula is C18H30N6O. The first-order valence-corrected chi connectivity index (χ1v) is 8.74. The minimum absolute atomic E-state index is 0.00218. The highest BCUT2D eigenvalue weighted by Crippen LogP contribution is 2.22. The standard InChI is InChI=1S/C18H30N6O/c1-10(2)24-15(7)17(13(5)22-24)20-18(25)19-11(3)9-16-12(4)21-23(8)14(16)6/h10-11H,9H2,1-8H3,(H2,19,20,25)/t11-/m0/s1. The minimum atomic E-state index is -0.207. The summed E-state index contributed by atoms with van der Waals surface area (Å²) in [5.41, 5.74) is 5.92. The van der Waals surface area contributed by atoms with E-state index in [1.165, 1.54) is 5.56 Å². The molecule has 2 N–H and O–H groups in total. The van der Waals surface area contributed by atoms with Crippen LogP contribution in [-0.2, 0) is 13.5 Å². The van der Waals surface area contributed by atoms with E-state index in [0.717, 1.165) is 34.9 Å². The number of nitrogens with zero attached hydrogens (tertiary/aromatic N) is 4. The van der Waals surface area contributed by atoms with Gasteiger partial charge in [-0.2, -0.15) is 10.2 Å². The number of aromatic nitrogens is 4. The molecule has 0 aromatic carbocycles. The summed E-state index contributed by atoms with van der Waals surface area (Å²) in [7, 11) is 1.94. The van der Waals surface area contributed by atoms with E-state index in [1.54, 1.807) is 0 Å². The van der Waals surface area contributed by atoms with Crippen molar-refractivity contribution in [1.29, 1.82) is 0 Å². The largest absolute Gasteiger partial charge is 0.335 e. The van der Waals surface area contributed by atoms with Crippen molar-refractivity contribution >= 4 is 11.7 Å². The molecule has 0 aliphatic carbocycles. The molecule has 2 rings (SSSR count). The summed E-state index contributed by atoms with van der Waals surface area (Å²) in [6.45, 7) is 14.1. The van der Waals surface area contributed by atoms with Crippen LogP contribution in [-0.4, -0.2) is 31.6 Å². The zero-order valence-electron chi connectivity index (χ0n) is 16.6. The van der Waals surface area contributed by atoms with Crippen molar-refractivity contribution in [2.75, 3.05) is 5.32 Å². The molecule has 0 unspecified atom stereocenters. The number of amides is 2. The van der Waals surface area contributed by atoms with E-state index in [-0.39, 0.29) is 18.1 Å². The molecule has 7 heteroatoms. The van der Waals surface area contributed by atoms with Gasteiger partial charge in [0.05, 0.1) is 22.8 Å². The third-order valence-corrected chi connectivity index (χ3v) is 4.60. The summed E-state index contributed by atoms with van der Waals surface area (Å²) in [6, 6.07) is 0.0522. The lowest BCUT2D eigenvalue weighted by Crippen LogP contribution is -2.37. The highest BCUT2D eigenvalue weighted by atomic mass is 16.2. The van der Waals surface area contributed by atoms with Gasteiger partial charge in [0.25, 0.3) is 0 Å². The van der Waals surface area contributed by atoms with Gasteiger partial charge in [-0.3, -0.25) is 9.36 Å². The SMILES string of the molecule is Cc1nn(C)c(C)c1C[C@H](C)NC(=O)Nc1c(C)nn(C(C)C)c1C. The van der Waals surface area contributed by atoms with Gasteiger partial charge in [-0.05, 0) is 60.5 Å². The average molecular weight is 346 g/mol. The van der Waals surface area contributed by atoms with Gasteiger partial charge >= 0.3 is 6.03 Å². The summed E-state index contributed by atoms with van der Waals surface area (Å²) < 4.78 is 3.81. The van der Waals surface area contributed by atoms with Gasteiger partial charge in [0.2, 0.25) is 0 Å². The topological polar surface area (TPSA) is 76.8 Å². The molecule has 0 saturated heterocycles. The molecule has 0 bridgehead atoms. The minimum Gasteiger partial charge on any atom is -0.335 e. The Morgan fingerprint density at radius 2 is 1.68 bits per heavy atom. The first-order valence-electron chi connectivity index (χ1n) is 8.74. The van der Waals surface area contributed by atoms with E-state index in [2.05, 4.69) is 41.6 Å². The van der Waals surface area contributed by atoms with Crippen LogP contribution in [0.1, 0.15) is 55.2 Å². The van der Waals surface area contributed by atoms with Crippen molar-refractivity contribution in [1.82, 2.24) is 24.9 Å². The van der Waals surface area contributed by atoms with Crippen LogP contribution in [0.4, 0.5) is 10.5 Å². The van der Waals surface area contributed by atoms with Crippen LogP contribution < -0.4 is 10.6 Å². The third-order valence-electron chi connectivity index (χ3n) is 4.60. The Kier molecular flexibility index (Phi) is 5.55. The molecule has 2 heterocycles. The van der Waals surface area contributed by atoms with Crippen LogP contribution in [0.3, 0.4) is 0 Å². The fourth-order valence-corrected chi connectivity index (χ4v) is 3.19. The number of carbonyl (C=O) groups excluding carboxylic acids is 1. The van der Waals surface area contributed by atoms with Crippen LogP contribution in [0, 0.1) is 27.7 Å². The molecule has 0 radical (unpaired) electrons. The molecule has 2 aromatic heterocycles. The molecule has 0 aliphatic rings. The van der Waals surface area contributed by atoms with Crippen LogP contribution in [0.2, 0.25) is 0 Å². The Labute approximate surface area is 149 Å². The van der Waals surface area contributed by atoms with Crippen LogP contribution in [0.5, 0.6) is 0 Å². The van der Waals surface area contributed by atoms with Crippen molar-refractivity contribution in [3.05, 3.63) is 28.3 Å². The Morgan fingerprint density at radius 1 is 1.04 bits per heavy atom. The number of carbonyl (C=O) groups is 1. The van der Waals surface area contributed by atoms with Gasteiger partial charge in [0.1, 0.15) is 0 Å². The van der Waals surface area contributed by atoms with Crippen LogP contribution in [0.15, 0.2) is 0 Å². The van der Waals surface area contributed by atoms with E-state index in [9.17, 15) is 4.79 Å². The molecule has 138 valence electrons. The summed E-state index contributed by atoms with van der Waals surface area (Å²) in [6.07, 6.45) is 0.752. The second kappa shape index (κ2) is 7.29. The van der Waals surface area contributed by atoms with Gasteiger partial charge in [-0.1, -0.05) is 0 Å². The van der Waals surface area contributed by atoms with Crippen molar-refractivity contribution in [3.63, 3.8) is 0 Å². The monoisotopic (exact) mass is 346 g/mol. The number of aryl methyl sites for hydroxylation is 3. The van der Waals surface area contributed by atoms with E-state index in [0.29, 0.717) is 0 Å². The first-order chi connectivity index (χ1) is 11.6. The van der Waals surface area contributed by atoms with Crippen molar-refractivity contribution in [2.24, 2.45) is 7.05 Å². The predicted octanol–water partition coefficient (Wildman–Crippen LogP) is 3.18. The van der Waals surface area contributed by atoms with E-state index in [1.807, 2.05) is 44.1 Å². The lowest BCUT2D eigenvalue weighted by molar-refractivity contribution is 0.249. The molecule has 1 atom stereocenters. The maximum absolute atomic E-state index is 12.4. The van der Waals surface area contributed by atoms with Gasteiger partial charge in [-0.25, -0.2) is 4.79 Å². The Hall–Kier alpha value is -2.31. The van der Waals surface area contributed by atoms with Crippen LogP contribution in [0.25, 0.3) is 0 Å². The van der Waals surface area contributed by atoms with Gasteiger partial charge in [-0.15, -0.1) is 0 Å². The molecule has 0 fully saturated rings. The highest BCUT2D eigenvalue weighted by Gasteiger charge is 2.18. The van der Waals surface area contributed by atoms with Crippen molar-refractivity contribution in [2.45, 2.75) is 67.0 Å². The molecule has 0 saturated carbocycles. The van der Waals surface area contributed by atoms with Crippen LogP contribution >= 0.6 is 0 Å². The lowest BCUT2D eigenvalue weighted by atomic mass is 10.1. The van der Waals surface area contributed by atoms with E-state index < -0.39 is 0 Å². The van der Waals surface area contributed by atoms with E-state index in [4.69, 9.17) is 0 Å². The van der Waals surface area contributed by atoms with Gasteiger partial charge < -0.3 is 10.6 Å². The normalized spacial score (nSPS) is 12.5. The quantitative estimate of drug-likeness (QED) is 0.873. The molecule has 0 spiro atoms. The number of anilines is 1. The summed E-state index contributed by atoms with van der Waals surface area (Å²) in [4.78, 5) is 12.4. The number of nitrogens with one attached hydrogen (secondary N) is 2. The number of hydrogen-bond acceptors (Lipinski definition) is 3. The third kappa shape index (κ3) is 4.03. The second-order valence-electron chi connectivity index (χ2n) is 7.06. The van der Waals surface area contributed by atoms with Crippen molar-refractivity contribution < 1.29 is 4.79 Å². The van der Waals surface area contributed by atoms with Gasteiger partial charge in [0, 0.05) is 24.8 Å². The summed E-state index contributed by atoms with van der Waals surface area (Å²) in [5, 5.41) is 14.9. The molecule has 0 aliphatic heterocycles. The first kappa shape index (κ1) is 19.0. The zero-order valence-corrected chi connectivity index (χ0v) is 16.6. The number of rotatable bonds is 5. The van der Waals surface area contributed by atoms with E-state index >= 15 is 0 Å². The molecule has 25 heavy (non-hydrogen) atoms. The number of urea groups is 1. The Balaban J connectivity index is 2.03. The predicted molar refractivity (Wildman–Crippen MR) is 100 cm³/mol. The summed E-state index contributed by atoms with van der Waals surface area (Å²) >= 11 is 0. The second-order valence-corrected chi connectivity index (χ2v) is 7.06. The van der Waals surface area contributed by atoms with Gasteiger partial charge in [0.15, 0.2) is 0 Å². The summed E-state index contributed by atoms with van der Waals surface area (Å²) in [5.74, 6) is 0. The maximum atomic E-state index is 12.4. The Morgan fingerprint density at radius 3 is 2.16 bits per heavy atom. The molecule has 2 aromatic rings. The van der Waals surface area contributed by atoms with Crippen molar-refractivity contribution in [3.8, 4) is 0 Å². The molecule has 2 amide bonds. The molecular weight excluding hydrogens is 316 g/mol.